The van der Waals surface area contributed by atoms with Gasteiger partial charge in [0.05, 0.1) is 26.3 Å². The number of hydrogen-bond donors (Lipinski definition) is 1. The van der Waals surface area contributed by atoms with Crippen molar-refractivity contribution >= 4 is 22.7 Å². The van der Waals surface area contributed by atoms with Crippen LogP contribution in [0.1, 0.15) is 17.3 Å². The summed E-state index contributed by atoms with van der Waals surface area (Å²) in [6.07, 6.45) is 1.89. The fourth-order valence-electron chi connectivity index (χ4n) is 3.75. The molecule has 0 fully saturated rings. The number of ether oxygens (including phenoxy) is 3. The number of aromatic hydroxyl groups is 1. The zero-order valence-electron chi connectivity index (χ0n) is 18.5. The highest BCUT2D eigenvalue weighted by Gasteiger charge is 2.19. The van der Waals surface area contributed by atoms with E-state index < -0.39 is 5.97 Å². The summed E-state index contributed by atoms with van der Waals surface area (Å²) in [4.78, 5) is 24.2. The largest absolute Gasteiger partial charge is 0.508 e. The molecule has 1 N–H and O–H groups in total. The van der Waals surface area contributed by atoms with Crippen molar-refractivity contribution in [1.29, 1.82) is 0 Å². The monoisotopic (exact) mass is 445 g/mol. The lowest BCUT2D eigenvalue weighted by molar-refractivity contribution is -0.131. The third-order valence-corrected chi connectivity index (χ3v) is 5.30. The molecule has 0 amide bonds. The summed E-state index contributed by atoms with van der Waals surface area (Å²) in [6.45, 7) is 1.41. The highest BCUT2D eigenvalue weighted by atomic mass is 16.5. The van der Waals surface area contributed by atoms with Crippen molar-refractivity contribution in [3.05, 3.63) is 72.4 Å². The second-order valence-electron chi connectivity index (χ2n) is 7.48. The average Bonchev–Trinajstić information content (AvgIpc) is 3.17. The molecule has 0 unspecified atom stereocenters. The number of nitrogens with zero attached hydrogens (tertiary/aromatic N) is 1. The van der Waals surface area contributed by atoms with Gasteiger partial charge in [0.25, 0.3) is 0 Å². The molecular weight excluding hydrogens is 422 g/mol. The van der Waals surface area contributed by atoms with Crippen LogP contribution in [0.25, 0.3) is 22.0 Å². The van der Waals surface area contributed by atoms with E-state index in [2.05, 4.69) is 0 Å². The van der Waals surface area contributed by atoms with E-state index in [0.29, 0.717) is 22.8 Å². The lowest BCUT2D eigenvalue weighted by Crippen LogP contribution is -2.10. The number of Topliss-reactive ketones (excluding diaryl/α,β-unsaturated/α-hetero) is 1. The van der Waals surface area contributed by atoms with Gasteiger partial charge in [-0.15, -0.1) is 0 Å². The fourth-order valence-corrected chi connectivity index (χ4v) is 3.75. The minimum atomic E-state index is -0.419. The number of aromatic nitrogens is 1. The number of esters is 1. The van der Waals surface area contributed by atoms with Crippen LogP contribution in [0.4, 0.5) is 0 Å². The SMILES string of the molecule is COc1cc(OC)c2c(-c3ccc(O)cc3)cn(CC(=O)c3ccc(OC(C)=O)cc3)c2c1. The molecule has 1 heterocycles. The molecule has 0 atom stereocenters. The van der Waals surface area contributed by atoms with Gasteiger partial charge in [-0.1, -0.05) is 12.1 Å². The molecule has 0 spiro atoms. The predicted molar refractivity (Wildman–Crippen MR) is 124 cm³/mol. The molecule has 3 aromatic carbocycles. The number of carbonyl (C=O) groups is 2. The number of phenolic OH excluding ortho intramolecular Hbond substituents is 1. The van der Waals surface area contributed by atoms with Gasteiger partial charge in [-0.05, 0) is 42.0 Å². The number of ketones is 1. The van der Waals surface area contributed by atoms with Gasteiger partial charge >= 0.3 is 5.97 Å². The fraction of sp³-hybridized carbons (Fsp3) is 0.154. The van der Waals surface area contributed by atoms with Crippen LogP contribution in [0.15, 0.2) is 66.9 Å². The Hall–Kier alpha value is -4.26. The summed E-state index contributed by atoms with van der Waals surface area (Å²) >= 11 is 0. The molecular formula is C26H23NO6. The van der Waals surface area contributed by atoms with Crippen LogP contribution in [0.3, 0.4) is 0 Å². The van der Waals surface area contributed by atoms with Crippen LogP contribution in [0.2, 0.25) is 0 Å². The Bertz CT molecular complexity index is 1320. The molecule has 7 nitrogen and oxygen atoms in total. The van der Waals surface area contributed by atoms with Crippen LogP contribution in [0.5, 0.6) is 23.0 Å². The molecule has 7 heteroatoms. The number of phenols is 1. The maximum atomic E-state index is 13.1. The van der Waals surface area contributed by atoms with Gasteiger partial charge in [-0.25, -0.2) is 0 Å². The van der Waals surface area contributed by atoms with Gasteiger partial charge in [0.2, 0.25) is 0 Å². The molecule has 0 radical (unpaired) electrons. The number of hydrogen-bond acceptors (Lipinski definition) is 6. The molecule has 168 valence electrons. The summed E-state index contributed by atoms with van der Waals surface area (Å²) in [5, 5.41) is 10.5. The Morgan fingerprint density at radius 1 is 0.909 bits per heavy atom. The van der Waals surface area contributed by atoms with Gasteiger partial charge in [0.15, 0.2) is 5.78 Å². The Morgan fingerprint density at radius 3 is 2.21 bits per heavy atom. The Morgan fingerprint density at radius 2 is 1.61 bits per heavy atom. The second kappa shape index (κ2) is 9.08. The van der Waals surface area contributed by atoms with Crippen LogP contribution >= 0.6 is 0 Å². The van der Waals surface area contributed by atoms with Crippen LogP contribution in [0, 0.1) is 0 Å². The molecule has 0 aliphatic heterocycles. The number of benzene rings is 3. The van der Waals surface area contributed by atoms with Crippen LogP contribution < -0.4 is 14.2 Å². The van der Waals surface area contributed by atoms with Gasteiger partial charge in [-0.3, -0.25) is 9.59 Å². The quantitative estimate of drug-likeness (QED) is 0.249. The molecule has 0 saturated heterocycles. The average molecular weight is 445 g/mol. The zero-order valence-corrected chi connectivity index (χ0v) is 18.5. The lowest BCUT2D eigenvalue weighted by atomic mass is 10.0. The highest BCUT2D eigenvalue weighted by molar-refractivity contribution is 6.03. The number of rotatable bonds is 7. The summed E-state index contributed by atoms with van der Waals surface area (Å²) < 4.78 is 18.0. The smallest absolute Gasteiger partial charge is 0.308 e. The third kappa shape index (κ3) is 4.52. The standard InChI is InChI=1S/C26H23NO6/c1-16(28)33-20-10-6-18(7-11-20)24(30)15-27-14-22(17-4-8-19(29)9-5-17)26-23(27)12-21(31-2)13-25(26)32-3/h4-14,29H,15H2,1-3H3. The molecule has 0 aliphatic rings. The van der Waals surface area contributed by atoms with E-state index in [1.54, 1.807) is 56.7 Å². The van der Waals surface area contributed by atoms with Gasteiger partial charge in [-0.2, -0.15) is 0 Å². The number of carbonyl (C=O) groups excluding carboxylic acids is 2. The molecule has 0 aliphatic carbocycles. The van der Waals surface area contributed by atoms with E-state index in [9.17, 15) is 14.7 Å². The van der Waals surface area contributed by atoms with Crippen molar-refractivity contribution in [2.45, 2.75) is 13.5 Å². The maximum absolute atomic E-state index is 13.1. The normalized spacial score (nSPS) is 10.8. The highest BCUT2D eigenvalue weighted by Crippen LogP contribution is 2.40. The van der Waals surface area contributed by atoms with Crippen molar-refractivity contribution in [1.82, 2.24) is 4.57 Å². The molecule has 4 rings (SSSR count). The second-order valence-corrected chi connectivity index (χ2v) is 7.48. The molecule has 33 heavy (non-hydrogen) atoms. The van der Waals surface area contributed by atoms with E-state index in [0.717, 1.165) is 22.0 Å². The molecule has 0 saturated carbocycles. The van der Waals surface area contributed by atoms with Crippen molar-refractivity contribution < 1.29 is 28.9 Å². The van der Waals surface area contributed by atoms with Gasteiger partial charge < -0.3 is 23.9 Å². The van der Waals surface area contributed by atoms with Crippen LogP contribution in [-0.2, 0) is 11.3 Å². The topological polar surface area (TPSA) is 87.0 Å². The Labute approximate surface area is 190 Å². The van der Waals surface area contributed by atoms with Crippen molar-refractivity contribution in [3.8, 4) is 34.1 Å². The molecule has 1 aromatic heterocycles. The number of fused-ring (bicyclic) bond motifs is 1. The van der Waals surface area contributed by atoms with Crippen LogP contribution in [-0.4, -0.2) is 35.6 Å². The lowest BCUT2D eigenvalue weighted by Gasteiger charge is -2.10. The van der Waals surface area contributed by atoms with E-state index in [1.165, 1.54) is 6.92 Å². The predicted octanol–water partition coefficient (Wildman–Crippen LogP) is 4.84. The Kier molecular flexibility index (Phi) is 6.04. The minimum absolute atomic E-state index is 0.0812. The third-order valence-electron chi connectivity index (χ3n) is 5.30. The summed E-state index contributed by atoms with van der Waals surface area (Å²) in [5.41, 5.74) is 3.01. The van der Waals surface area contributed by atoms with E-state index in [4.69, 9.17) is 14.2 Å². The Balaban J connectivity index is 1.77. The zero-order chi connectivity index (χ0) is 23.5. The first kappa shape index (κ1) is 22.0. The summed E-state index contributed by atoms with van der Waals surface area (Å²) in [5.74, 6) is 1.24. The molecule has 0 bridgehead atoms. The summed E-state index contributed by atoms with van der Waals surface area (Å²) in [6, 6.07) is 17.0. The first-order valence-corrected chi connectivity index (χ1v) is 10.3. The molecule has 4 aromatic rings. The van der Waals surface area contributed by atoms with Gasteiger partial charge in [0.1, 0.15) is 23.0 Å². The van der Waals surface area contributed by atoms with E-state index in [1.807, 2.05) is 29.0 Å². The van der Waals surface area contributed by atoms with Crippen molar-refractivity contribution in [3.63, 3.8) is 0 Å². The maximum Gasteiger partial charge on any atom is 0.308 e. The van der Waals surface area contributed by atoms with E-state index >= 15 is 0 Å². The first-order chi connectivity index (χ1) is 15.9. The minimum Gasteiger partial charge on any atom is -0.508 e. The first-order valence-electron chi connectivity index (χ1n) is 10.3. The van der Waals surface area contributed by atoms with E-state index in [-0.39, 0.29) is 18.1 Å². The van der Waals surface area contributed by atoms with Crippen molar-refractivity contribution in [2.75, 3.05) is 14.2 Å². The van der Waals surface area contributed by atoms with Gasteiger partial charge in [0, 0.05) is 41.8 Å². The summed E-state index contributed by atoms with van der Waals surface area (Å²) in [7, 11) is 3.16. The number of methoxy groups -OCH3 is 2. The van der Waals surface area contributed by atoms with Crippen molar-refractivity contribution in [2.24, 2.45) is 0 Å².